The van der Waals surface area contributed by atoms with Crippen molar-refractivity contribution < 1.29 is 17.9 Å². The van der Waals surface area contributed by atoms with Crippen LogP contribution in [0.3, 0.4) is 0 Å². The van der Waals surface area contributed by atoms with Crippen LogP contribution in [0.5, 0.6) is 0 Å². The molecule has 10 heteroatoms. The predicted octanol–water partition coefficient (Wildman–Crippen LogP) is 6.74. The molecule has 1 amide bonds. The molecule has 0 spiro atoms. The van der Waals surface area contributed by atoms with Gasteiger partial charge in [0.05, 0.1) is 10.6 Å². The number of aryl methyl sites for hydroxylation is 1. The second-order valence-electron chi connectivity index (χ2n) is 10.3. The molecule has 4 rings (SSSR count). The standard InChI is InChI=1S/C31H31ClN4O4S/c1-21-10-12-23(13-11-21)27-18-22(19-33-28(27)24-14-16-25(32)17-15-24)20-34-29(35-30(37)40-31(2,3)4)36-41(38,39)26-8-6-5-7-9-26/h5-19H,20H2,1-4H3,(H2,34,35,36,37). The average molecular weight is 591 g/mol. The Kier molecular flexibility index (Phi) is 9.10. The summed E-state index contributed by atoms with van der Waals surface area (Å²) >= 11 is 6.10. The molecule has 3 aromatic carbocycles. The molecule has 0 aliphatic rings. The molecular weight excluding hydrogens is 560 g/mol. The molecule has 0 bridgehead atoms. The predicted molar refractivity (Wildman–Crippen MR) is 162 cm³/mol. The summed E-state index contributed by atoms with van der Waals surface area (Å²) in [6, 6.07) is 25.2. The molecule has 2 N–H and O–H groups in total. The fourth-order valence-electron chi connectivity index (χ4n) is 3.85. The van der Waals surface area contributed by atoms with E-state index in [1.807, 2.05) is 61.5 Å². The lowest BCUT2D eigenvalue weighted by molar-refractivity contribution is 0.0561. The number of ether oxygens (including phenoxy) is 1. The molecular formula is C31H31ClN4O4S. The summed E-state index contributed by atoms with van der Waals surface area (Å²) in [6.07, 6.45) is 0.842. The third kappa shape index (κ3) is 8.39. The number of carbonyl (C=O) groups is 1. The number of hydrogen-bond donors (Lipinski definition) is 2. The van der Waals surface area contributed by atoms with Gasteiger partial charge >= 0.3 is 6.09 Å². The monoisotopic (exact) mass is 590 g/mol. The quantitative estimate of drug-likeness (QED) is 0.190. The molecule has 1 aromatic heterocycles. The number of benzene rings is 3. The first-order chi connectivity index (χ1) is 19.4. The van der Waals surface area contributed by atoms with Crippen LogP contribution in [-0.4, -0.2) is 31.1 Å². The molecule has 212 valence electrons. The Hall–Kier alpha value is -4.21. The van der Waals surface area contributed by atoms with Gasteiger partial charge in [-0.15, -0.1) is 4.40 Å². The molecule has 1 heterocycles. The minimum absolute atomic E-state index is 0.0130. The number of pyridine rings is 1. The van der Waals surface area contributed by atoms with Crippen LogP contribution in [0.15, 0.2) is 100 Å². The van der Waals surface area contributed by atoms with Crippen LogP contribution in [0, 0.1) is 6.92 Å². The Balaban J connectivity index is 1.67. The number of aromatic nitrogens is 1. The molecule has 0 atom stereocenters. The zero-order valence-corrected chi connectivity index (χ0v) is 24.8. The highest BCUT2D eigenvalue weighted by Gasteiger charge is 2.20. The molecule has 0 fully saturated rings. The second-order valence-corrected chi connectivity index (χ2v) is 12.4. The van der Waals surface area contributed by atoms with Crippen LogP contribution in [0.25, 0.3) is 22.4 Å². The van der Waals surface area contributed by atoms with Crippen molar-refractivity contribution in [2.75, 3.05) is 0 Å². The van der Waals surface area contributed by atoms with E-state index >= 15 is 0 Å². The number of halogens is 1. The highest BCUT2D eigenvalue weighted by atomic mass is 35.5. The largest absolute Gasteiger partial charge is 0.444 e. The second kappa shape index (κ2) is 12.5. The van der Waals surface area contributed by atoms with Crippen molar-refractivity contribution >= 4 is 33.7 Å². The number of amides is 1. The summed E-state index contributed by atoms with van der Waals surface area (Å²) in [5.74, 6) is -0.276. The maximum Gasteiger partial charge on any atom is 0.414 e. The Morgan fingerprint density at radius 1 is 0.951 bits per heavy atom. The van der Waals surface area contributed by atoms with Crippen molar-refractivity contribution in [3.8, 4) is 22.4 Å². The lowest BCUT2D eigenvalue weighted by Crippen LogP contribution is -2.43. The van der Waals surface area contributed by atoms with Crippen LogP contribution in [0.2, 0.25) is 5.02 Å². The van der Waals surface area contributed by atoms with E-state index in [1.165, 1.54) is 12.1 Å². The number of hydrogen-bond acceptors (Lipinski definition) is 5. The fourth-order valence-corrected chi connectivity index (χ4v) is 4.93. The third-order valence-corrected chi connectivity index (χ3v) is 7.30. The highest BCUT2D eigenvalue weighted by molar-refractivity contribution is 7.90. The number of guanidine groups is 1. The van der Waals surface area contributed by atoms with Gasteiger partial charge in [-0.3, -0.25) is 10.3 Å². The summed E-state index contributed by atoms with van der Waals surface area (Å²) in [5.41, 5.74) is 4.56. The zero-order valence-electron chi connectivity index (χ0n) is 23.2. The molecule has 0 unspecified atom stereocenters. The number of sulfonamides is 1. The molecule has 0 radical (unpaired) electrons. The van der Waals surface area contributed by atoms with Crippen LogP contribution < -0.4 is 10.6 Å². The molecule has 0 saturated carbocycles. The van der Waals surface area contributed by atoms with Gasteiger partial charge in [0.25, 0.3) is 10.0 Å². The van der Waals surface area contributed by atoms with Crippen molar-refractivity contribution in [1.82, 2.24) is 15.6 Å². The van der Waals surface area contributed by atoms with Gasteiger partial charge in [0.15, 0.2) is 0 Å². The minimum atomic E-state index is -4.13. The average Bonchev–Trinajstić information content (AvgIpc) is 2.92. The lowest BCUT2D eigenvalue weighted by atomic mass is 9.97. The van der Waals surface area contributed by atoms with Crippen LogP contribution in [-0.2, 0) is 21.3 Å². The van der Waals surface area contributed by atoms with Gasteiger partial charge < -0.3 is 10.1 Å². The maximum atomic E-state index is 13.0. The van der Waals surface area contributed by atoms with E-state index in [2.05, 4.69) is 15.0 Å². The van der Waals surface area contributed by atoms with E-state index in [0.717, 1.165) is 33.5 Å². The number of carbonyl (C=O) groups excluding carboxylic acids is 1. The Morgan fingerprint density at radius 2 is 1.59 bits per heavy atom. The van der Waals surface area contributed by atoms with Crippen LogP contribution >= 0.6 is 11.6 Å². The van der Waals surface area contributed by atoms with Crippen molar-refractivity contribution in [3.63, 3.8) is 0 Å². The number of nitrogens with zero attached hydrogens (tertiary/aromatic N) is 2. The highest BCUT2D eigenvalue weighted by Crippen LogP contribution is 2.32. The summed E-state index contributed by atoms with van der Waals surface area (Å²) < 4.78 is 35.1. The van der Waals surface area contributed by atoms with Gasteiger partial charge in [-0.25, -0.2) is 4.79 Å². The van der Waals surface area contributed by atoms with Gasteiger partial charge in [-0.05, 0) is 69.2 Å². The van der Waals surface area contributed by atoms with Crippen LogP contribution in [0.4, 0.5) is 4.79 Å². The topological polar surface area (TPSA) is 110 Å². The van der Waals surface area contributed by atoms with Gasteiger partial charge in [-0.2, -0.15) is 8.42 Å². The number of alkyl carbamates (subject to hydrolysis) is 1. The Bertz CT molecular complexity index is 1650. The van der Waals surface area contributed by atoms with Gasteiger partial charge in [0.2, 0.25) is 5.96 Å². The lowest BCUT2D eigenvalue weighted by Gasteiger charge is -2.20. The van der Waals surface area contributed by atoms with Crippen molar-refractivity contribution in [2.24, 2.45) is 4.40 Å². The molecule has 4 aromatic rings. The molecule has 0 aliphatic carbocycles. The first-order valence-electron chi connectivity index (χ1n) is 12.9. The zero-order chi connectivity index (χ0) is 29.6. The third-order valence-electron chi connectivity index (χ3n) is 5.76. The van der Waals surface area contributed by atoms with E-state index in [-0.39, 0.29) is 17.4 Å². The fraction of sp³-hybridized carbons (Fsp3) is 0.194. The normalized spacial score (nSPS) is 12.1. The Labute approximate surface area is 245 Å². The summed E-state index contributed by atoms with van der Waals surface area (Å²) in [6.45, 7) is 7.25. The summed E-state index contributed by atoms with van der Waals surface area (Å²) in [5, 5.41) is 5.99. The minimum Gasteiger partial charge on any atom is -0.444 e. The number of nitrogens with one attached hydrogen (secondary N) is 2. The Morgan fingerprint density at radius 3 is 2.22 bits per heavy atom. The molecule has 41 heavy (non-hydrogen) atoms. The van der Waals surface area contributed by atoms with E-state index in [4.69, 9.17) is 21.3 Å². The van der Waals surface area contributed by atoms with Crippen molar-refractivity contribution in [2.45, 2.75) is 44.7 Å². The summed E-state index contributed by atoms with van der Waals surface area (Å²) in [7, 11) is -4.13. The SMILES string of the molecule is Cc1ccc(-c2cc(CNC(=NS(=O)(=O)c3ccccc3)NC(=O)OC(C)(C)C)cnc2-c2ccc(Cl)cc2)cc1. The van der Waals surface area contributed by atoms with Crippen molar-refractivity contribution in [1.29, 1.82) is 0 Å². The van der Waals surface area contributed by atoms with E-state index in [1.54, 1.807) is 45.2 Å². The molecule has 0 saturated heterocycles. The van der Waals surface area contributed by atoms with Gasteiger partial charge in [0.1, 0.15) is 5.60 Å². The first-order valence-corrected chi connectivity index (χ1v) is 14.7. The van der Waals surface area contributed by atoms with Gasteiger partial charge in [-0.1, -0.05) is 71.8 Å². The summed E-state index contributed by atoms with van der Waals surface area (Å²) in [4.78, 5) is 17.2. The first kappa shape index (κ1) is 29.8. The smallest absolute Gasteiger partial charge is 0.414 e. The van der Waals surface area contributed by atoms with Crippen molar-refractivity contribution in [3.05, 3.63) is 107 Å². The van der Waals surface area contributed by atoms with E-state index in [9.17, 15) is 13.2 Å². The molecule has 0 aliphatic heterocycles. The van der Waals surface area contributed by atoms with E-state index < -0.39 is 21.7 Å². The van der Waals surface area contributed by atoms with Gasteiger partial charge in [0, 0.05) is 28.9 Å². The number of rotatable bonds is 6. The maximum absolute atomic E-state index is 13.0. The van der Waals surface area contributed by atoms with E-state index in [0.29, 0.717) is 5.02 Å². The molecule has 8 nitrogen and oxygen atoms in total. The van der Waals surface area contributed by atoms with Crippen LogP contribution in [0.1, 0.15) is 31.9 Å².